The van der Waals surface area contributed by atoms with E-state index >= 15 is 0 Å². The van der Waals surface area contributed by atoms with Gasteiger partial charge in [-0.2, -0.15) is 0 Å². The highest BCUT2D eigenvalue weighted by Gasteiger charge is 2.21. The van der Waals surface area contributed by atoms with Crippen molar-refractivity contribution >= 4 is 22.4 Å². The van der Waals surface area contributed by atoms with Gasteiger partial charge in [0.2, 0.25) is 0 Å². The molecule has 2 saturated heterocycles. The largest absolute Gasteiger partial charge is 0.356 e. The standard InChI is InChI=1S/C19H34N6S/c1-15(2)24-12-7-16(8-13-24)22-18(20-3)21-9-6-17-14-26-19(23-17)25-10-4-5-11-25/h14-16H,4-13H2,1-3H3,(H2,20,21,22). The molecule has 6 nitrogen and oxygen atoms in total. The van der Waals surface area contributed by atoms with Crippen LogP contribution in [0.3, 0.4) is 0 Å². The third-order valence-electron chi connectivity index (χ3n) is 5.41. The predicted octanol–water partition coefficient (Wildman–Crippen LogP) is 2.32. The van der Waals surface area contributed by atoms with Crippen LogP contribution >= 0.6 is 11.3 Å². The Morgan fingerprint density at radius 3 is 2.65 bits per heavy atom. The minimum absolute atomic E-state index is 0.525. The number of likely N-dealkylation sites (tertiary alicyclic amines) is 1. The van der Waals surface area contributed by atoms with E-state index in [9.17, 15) is 0 Å². The Hall–Kier alpha value is -1.34. The molecule has 3 rings (SSSR count). The molecule has 0 aromatic carbocycles. The van der Waals surface area contributed by atoms with Crippen molar-refractivity contribution in [3.05, 3.63) is 11.1 Å². The summed E-state index contributed by atoms with van der Waals surface area (Å²) in [5.74, 6) is 0.919. The van der Waals surface area contributed by atoms with E-state index in [0.717, 1.165) is 32.0 Å². The fourth-order valence-electron chi connectivity index (χ4n) is 3.72. The van der Waals surface area contributed by atoms with E-state index in [2.05, 4.69) is 44.7 Å². The number of hydrogen-bond acceptors (Lipinski definition) is 5. The monoisotopic (exact) mass is 378 g/mol. The molecule has 0 bridgehead atoms. The summed E-state index contributed by atoms with van der Waals surface area (Å²) in [6.45, 7) is 10.1. The third-order valence-corrected chi connectivity index (χ3v) is 6.36. The van der Waals surface area contributed by atoms with Crippen LogP contribution in [0, 0.1) is 0 Å². The number of aromatic nitrogens is 1. The molecule has 0 amide bonds. The number of aliphatic imine (C=N–C) groups is 1. The van der Waals surface area contributed by atoms with Crippen LogP contribution in [0.1, 0.15) is 45.2 Å². The predicted molar refractivity (Wildman–Crippen MR) is 111 cm³/mol. The average Bonchev–Trinajstić information content (AvgIpc) is 3.33. The molecule has 2 aliphatic rings. The lowest BCUT2D eigenvalue weighted by molar-refractivity contribution is 0.167. The van der Waals surface area contributed by atoms with Gasteiger partial charge in [0.25, 0.3) is 0 Å². The number of nitrogens with one attached hydrogen (secondary N) is 2. The normalized spacial score (nSPS) is 20.2. The number of thiazole rings is 1. The molecule has 2 aliphatic heterocycles. The van der Waals surface area contributed by atoms with E-state index in [1.165, 1.54) is 49.6 Å². The highest BCUT2D eigenvalue weighted by atomic mass is 32.1. The summed E-state index contributed by atoms with van der Waals surface area (Å²) < 4.78 is 0. The SMILES string of the molecule is CN=C(NCCc1csc(N2CCCC2)n1)NC1CCN(C(C)C)CC1. The fraction of sp³-hybridized carbons (Fsp3) is 0.789. The lowest BCUT2D eigenvalue weighted by Gasteiger charge is -2.35. The smallest absolute Gasteiger partial charge is 0.191 e. The molecule has 0 unspecified atom stereocenters. The molecule has 1 aromatic heterocycles. The second-order valence-corrected chi connectivity index (χ2v) is 8.45. The van der Waals surface area contributed by atoms with Crippen molar-refractivity contribution in [2.75, 3.05) is 44.7 Å². The van der Waals surface area contributed by atoms with Crippen LogP contribution in [0.4, 0.5) is 5.13 Å². The maximum absolute atomic E-state index is 4.79. The van der Waals surface area contributed by atoms with Gasteiger partial charge in [0.05, 0.1) is 5.69 Å². The van der Waals surface area contributed by atoms with Crippen LogP contribution in [0.15, 0.2) is 10.4 Å². The molecule has 0 spiro atoms. The summed E-state index contributed by atoms with van der Waals surface area (Å²) in [6, 6.07) is 1.18. The van der Waals surface area contributed by atoms with Gasteiger partial charge < -0.3 is 20.4 Å². The lowest BCUT2D eigenvalue weighted by atomic mass is 10.0. The van der Waals surface area contributed by atoms with Crippen LogP contribution in [0.2, 0.25) is 0 Å². The Bertz CT molecular complexity index is 570. The fourth-order valence-corrected chi connectivity index (χ4v) is 4.64. The molecule has 26 heavy (non-hydrogen) atoms. The van der Waals surface area contributed by atoms with E-state index in [-0.39, 0.29) is 0 Å². The number of piperidine rings is 1. The van der Waals surface area contributed by atoms with Crippen molar-refractivity contribution < 1.29 is 0 Å². The van der Waals surface area contributed by atoms with E-state index in [4.69, 9.17) is 4.98 Å². The third kappa shape index (κ3) is 5.33. The van der Waals surface area contributed by atoms with E-state index in [1.807, 2.05) is 7.05 Å². The Kier molecular flexibility index (Phi) is 7.14. The minimum Gasteiger partial charge on any atom is -0.356 e. The van der Waals surface area contributed by atoms with Gasteiger partial charge in [-0.15, -0.1) is 11.3 Å². The van der Waals surface area contributed by atoms with E-state index in [0.29, 0.717) is 12.1 Å². The second-order valence-electron chi connectivity index (χ2n) is 7.61. The number of guanidine groups is 1. The molecule has 146 valence electrons. The highest BCUT2D eigenvalue weighted by Crippen LogP contribution is 2.24. The molecular weight excluding hydrogens is 344 g/mol. The first-order valence-electron chi connectivity index (χ1n) is 10.1. The quantitative estimate of drug-likeness (QED) is 0.588. The number of nitrogens with zero attached hydrogens (tertiary/aromatic N) is 4. The zero-order chi connectivity index (χ0) is 18.4. The van der Waals surface area contributed by atoms with Crippen molar-refractivity contribution in [2.24, 2.45) is 4.99 Å². The van der Waals surface area contributed by atoms with Crippen LogP contribution in [0.5, 0.6) is 0 Å². The Balaban J connectivity index is 1.38. The lowest BCUT2D eigenvalue weighted by Crippen LogP contribution is -2.50. The summed E-state index contributed by atoms with van der Waals surface area (Å²) in [5.41, 5.74) is 1.19. The van der Waals surface area contributed by atoms with Crippen LogP contribution in [-0.2, 0) is 6.42 Å². The van der Waals surface area contributed by atoms with Crippen molar-refractivity contribution in [3.8, 4) is 0 Å². The number of hydrogen-bond donors (Lipinski definition) is 2. The Morgan fingerprint density at radius 1 is 1.27 bits per heavy atom. The van der Waals surface area contributed by atoms with Gasteiger partial charge in [-0.05, 0) is 39.5 Å². The Labute approximate surface area is 162 Å². The topological polar surface area (TPSA) is 55.8 Å². The molecule has 0 aliphatic carbocycles. The molecule has 7 heteroatoms. The van der Waals surface area contributed by atoms with Gasteiger partial charge in [0, 0.05) is 63.7 Å². The first-order valence-corrected chi connectivity index (χ1v) is 10.9. The van der Waals surface area contributed by atoms with Gasteiger partial charge in [0.1, 0.15) is 0 Å². The molecule has 2 fully saturated rings. The minimum atomic E-state index is 0.525. The van der Waals surface area contributed by atoms with Gasteiger partial charge in [-0.1, -0.05) is 0 Å². The molecule has 0 atom stereocenters. The van der Waals surface area contributed by atoms with Gasteiger partial charge in [0.15, 0.2) is 11.1 Å². The number of anilines is 1. The van der Waals surface area contributed by atoms with E-state index in [1.54, 1.807) is 11.3 Å². The zero-order valence-electron chi connectivity index (χ0n) is 16.5. The van der Waals surface area contributed by atoms with Crippen molar-refractivity contribution in [1.29, 1.82) is 0 Å². The zero-order valence-corrected chi connectivity index (χ0v) is 17.3. The second kappa shape index (κ2) is 9.55. The number of rotatable bonds is 6. The Morgan fingerprint density at radius 2 is 2.00 bits per heavy atom. The summed E-state index contributed by atoms with van der Waals surface area (Å²) in [5, 5.41) is 10.4. The molecule has 1 aromatic rings. The van der Waals surface area contributed by atoms with Gasteiger partial charge in [-0.25, -0.2) is 4.98 Å². The van der Waals surface area contributed by atoms with Gasteiger partial charge >= 0.3 is 0 Å². The molecule has 0 radical (unpaired) electrons. The molecule has 0 saturated carbocycles. The van der Waals surface area contributed by atoms with Crippen molar-refractivity contribution in [3.63, 3.8) is 0 Å². The van der Waals surface area contributed by atoms with Crippen LogP contribution in [-0.4, -0.2) is 67.7 Å². The van der Waals surface area contributed by atoms with Crippen molar-refractivity contribution in [2.45, 2.75) is 58.0 Å². The maximum Gasteiger partial charge on any atom is 0.191 e. The summed E-state index contributed by atoms with van der Waals surface area (Å²) in [6.07, 6.45) is 5.91. The highest BCUT2D eigenvalue weighted by molar-refractivity contribution is 7.13. The van der Waals surface area contributed by atoms with Crippen molar-refractivity contribution in [1.82, 2.24) is 20.5 Å². The van der Waals surface area contributed by atoms with E-state index < -0.39 is 0 Å². The molecular formula is C19H34N6S. The first-order chi connectivity index (χ1) is 12.7. The summed E-state index contributed by atoms with van der Waals surface area (Å²) in [7, 11) is 1.85. The average molecular weight is 379 g/mol. The summed E-state index contributed by atoms with van der Waals surface area (Å²) >= 11 is 1.78. The molecule has 2 N–H and O–H groups in total. The van der Waals surface area contributed by atoms with Gasteiger partial charge in [-0.3, -0.25) is 4.99 Å². The van der Waals surface area contributed by atoms with Crippen LogP contribution < -0.4 is 15.5 Å². The summed E-state index contributed by atoms with van der Waals surface area (Å²) in [4.78, 5) is 14.1. The molecule has 3 heterocycles. The van der Waals surface area contributed by atoms with Crippen LogP contribution in [0.25, 0.3) is 0 Å². The maximum atomic E-state index is 4.79. The first kappa shape index (κ1) is 19.4.